The van der Waals surface area contributed by atoms with Gasteiger partial charge in [-0.15, -0.1) is 16.8 Å². The second kappa shape index (κ2) is 6.87. The van der Waals surface area contributed by atoms with Crippen LogP contribution in [0.25, 0.3) is 0 Å². The van der Waals surface area contributed by atoms with Crippen LogP contribution in [0.5, 0.6) is 0 Å². The first kappa shape index (κ1) is 15.6. The third kappa shape index (κ3) is 4.13. The molecule has 0 aliphatic heterocycles. The smallest absolute Gasteiger partial charge is 0.329 e. The van der Waals surface area contributed by atoms with Crippen molar-refractivity contribution in [2.45, 2.75) is 28.4 Å². The molecule has 0 spiro atoms. The summed E-state index contributed by atoms with van der Waals surface area (Å²) in [5, 5.41) is 26.2. The lowest BCUT2D eigenvalue weighted by atomic mass is 10.4. The van der Waals surface area contributed by atoms with Crippen LogP contribution in [0.2, 0.25) is 0 Å². The molecule has 9 nitrogen and oxygen atoms in total. The van der Waals surface area contributed by atoms with Crippen LogP contribution in [0, 0.1) is 10.1 Å². The quantitative estimate of drug-likeness (QED) is 0.320. The van der Waals surface area contributed by atoms with Gasteiger partial charge >= 0.3 is 5.69 Å². The highest BCUT2D eigenvalue weighted by Gasteiger charge is 2.26. The predicted octanol–water partition coefficient (Wildman–Crippen LogP) is 2.56. The summed E-state index contributed by atoms with van der Waals surface area (Å²) in [6.07, 6.45) is 4.94. The van der Waals surface area contributed by atoms with Crippen LogP contribution in [0.4, 0.5) is 16.6 Å². The molecule has 0 unspecified atom stereocenters. The van der Waals surface area contributed by atoms with Crippen LogP contribution < -0.4 is 10.6 Å². The van der Waals surface area contributed by atoms with Gasteiger partial charge in [-0.25, -0.2) is 4.98 Å². The summed E-state index contributed by atoms with van der Waals surface area (Å²) < 4.78 is 0.655. The second-order valence-corrected chi connectivity index (χ2v) is 6.90. The van der Waals surface area contributed by atoms with E-state index in [2.05, 4.69) is 37.4 Å². The third-order valence-electron chi connectivity index (χ3n) is 2.84. The van der Waals surface area contributed by atoms with Crippen LogP contribution in [0.15, 0.2) is 28.3 Å². The fourth-order valence-corrected chi connectivity index (χ4v) is 3.22. The van der Waals surface area contributed by atoms with E-state index in [1.54, 1.807) is 6.08 Å². The number of anilines is 2. The van der Waals surface area contributed by atoms with Crippen LogP contribution in [0.3, 0.4) is 0 Å². The molecule has 0 saturated heterocycles. The van der Waals surface area contributed by atoms with Crippen molar-refractivity contribution < 1.29 is 4.92 Å². The van der Waals surface area contributed by atoms with Crippen molar-refractivity contribution >= 4 is 39.7 Å². The van der Waals surface area contributed by atoms with Gasteiger partial charge in [-0.1, -0.05) is 17.4 Å². The minimum Gasteiger partial charge on any atom is -0.361 e. The fraction of sp³-hybridized carbons (Fsp3) is 0.333. The molecule has 2 aromatic heterocycles. The molecule has 1 aliphatic carbocycles. The van der Waals surface area contributed by atoms with Gasteiger partial charge in [0.05, 0.1) is 4.92 Å². The maximum atomic E-state index is 11.0. The monoisotopic (exact) mass is 351 g/mol. The summed E-state index contributed by atoms with van der Waals surface area (Å²) in [6, 6.07) is 0.262. The summed E-state index contributed by atoms with van der Waals surface area (Å²) in [6.45, 7) is 4.22. The zero-order valence-electron chi connectivity index (χ0n) is 11.9. The first-order chi connectivity index (χ1) is 11.2. The molecular formula is C12H13N7O2S2. The maximum Gasteiger partial charge on any atom is 0.329 e. The van der Waals surface area contributed by atoms with Gasteiger partial charge in [-0.3, -0.25) is 10.1 Å². The predicted molar refractivity (Wildman–Crippen MR) is 88.0 cm³/mol. The van der Waals surface area contributed by atoms with Crippen molar-refractivity contribution in [3.63, 3.8) is 0 Å². The first-order valence-corrected chi connectivity index (χ1v) is 8.43. The summed E-state index contributed by atoms with van der Waals surface area (Å²) in [5.41, 5.74) is -0.119. The van der Waals surface area contributed by atoms with E-state index in [4.69, 9.17) is 0 Å². The Kier molecular flexibility index (Phi) is 4.67. The molecule has 1 fully saturated rings. The molecule has 1 saturated carbocycles. The highest BCUT2D eigenvalue weighted by Crippen LogP contribution is 2.33. The minimum atomic E-state index is -0.485. The molecule has 2 N–H and O–H groups in total. The van der Waals surface area contributed by atoms with E-state index in [0.717, 1.165) is 12.8 Å². The molecular weight excluding hydrogens is 338 g/mol. The Morgan fingerprint density at radius 2 is 2.35 bits per heavy atom. The number of hydrogen-bond acceptors (Lipinski definition) is 10. The first-order valence-electron chi connectivity index (χ1n) is 6.80. The average Bonchev–Trinajstić information content (AvgIpc) is 3.23. The number of nitrogens with zero attached hydrogens (tertiary/aromatic N) is 5. The second-order valence-electron chi connectivity index (χ2n) is 4.71. The zero-order chi connectivity index (χ0) is 16.2. The van der Waals surface area contributed by atoms with Crippen molar-refractivity contribution in [1.82, 2.24) is 20.2 Å². The van der Waals surface area contributed by atoms with Crippen LogP contribution in [-0.2, 0) is 0 Å². The van der Waals surface area contributed by atoms with Gasteiger partial charge in [0.1, 0.15) is 6.20 Å². The van der Waals surface area contributed by atoms with Gasteiger partial charge in [0.15, 0.2) is 9.50 Å². The lowest BCUT2D eigenvalue weighted by Crippen LogP contribution is -2.07. The summed E-state index contributed by atoms with van der Waals surface area (Å²) in [7, 11) is 0. The number of nitrogens with one attached hydrogen (secondary N) is 2. The van der Waals surface area contributed by atoms with E-state index in [0.29, 0.717) is 21.2 Å². The maximum absolute atomic E-state index is 11.0. The molecule has 23 heavy (non-hydrogen) atoms. The Bertz CT molecular complexity index is 732. The van der Waals surface area contributed by atoms with Crippen molar-refractivity contribution in [3.8, 4) is 0 Å². The van der Waals surface area contributed by atoms with Crippen LogP contribution in [0.1, 0.15) is 12.8 Å². The number of aromatic nitrogens is 4. The Labute approximate surface area is 139 Å². The van der Waals surface area contributed by atoms with Gasteiger partial charge in [0, 0.05) is 12.6 Å². The molecule has 0 bridgehead atoms. The molecule has 0 atom stereocenters. The van der Waals surface area contributed by atoms with Crippen molar-refractivity contribution in [2.75, 3.05) is 17.2 Å². The van der Waals surface area contributed by atoms with Crippen LogP contribution >= 0.6 is 23.1 Å². The molecule has 0 aromatic carbocycles. The van der Waals surface area contributed by atoms with Gasteiger partial charge in [0.25, 0.3) is 0 Å². The summed E-state index contributed by atoms with van der Waals surface area (Å²) in [5.74, 6) is 0.254. The van der Waals surface area contributed by atoms with Gasteiger partial charge in [0.2, 0.25) is 10.9 Å². The van der Waals surface area contributed by atoms with Gasteiger partial charge in [-0.2, -0.15) is 4.98 Å². The number of rotatable bonds is 8. The Morgan fingerprint density at radius 3 is 3.04 bits per heavy atom. The molecule has 0 amide bonds. The SMILES string of the molecule is C=CCNc1nnc(Sc2ncc([N+](=O)[O-])c(NC3CC3)n2)s1. The van der Waals surface area contributed by atoms with Gasteiger partial charge < -0.3 is 10.6 Å². The summed E-state index contributed by atoms with van der Waals surface area (Å²) >= 11 is 2.58. The van der Waals surface area contributed by atoms with E-state index in [9.17, 15) is 10.1 Å². The number of hydrogen-bond donors (Lipinski definition) is 2. The highest BCUT2D eigenvalue weighted by molar-refractivity contribution is 8.00. The molecule has 2 heterocycles. The number of nitro groups is 1. The normalized spacial score (nSPS) is 13.6. The average molecular weight is 351 g/mol. The lowest BCUT2D eigenvalue weighted by Gasteiger charge is -2.05. The van der Waals surface area contributed by atoms with E-state index < -0.39 is 4.92 Å². The third-order valence-corrected chi connectivity index (χ3v) is 4.66. The van der Waals surface area contributed by atoms with Crippen molar-refractivity contribution in [3.05, 3.63) is 29.0 Å². The highest BCUT2D eigenvalue weighted by atomic mass is 32.2. The molecule has 120 valence electrons. The standard InChI is InChI=1S/C12H13N7O2S2/c1-2-5-13-11-17-18-12(23-11)22-10-14-6-8(19(20)21)9(16-10)15-7-3-4-7/h2,6-7H,1,3-5H2,(H,13,17)(H,14,15,16). The molecule has 11 heteroatoms. The Balaban J connectivity index is 1.75. The van der Waals surface area contributed by atoms with Crippen molar-refractivity contribution in [1.29, 1.82) is 0 Å². The molecule has 3 rings (SSSR count). The topological polar surface area (TPSA) is 119 Å². The molecule has 1 aliphatic rings. The van der Waals surface area contributed by atoms with Gasteiger partial charge in [-0.05, 0) is 24.6 Å². The molecule has 0 radical (unpaired) electrons. The summed E-state index contributed by atoms with van der Waals surface area (Å²) in [4.78, 5) is 18.8. The van der Waals surface area contributed by atoms with E-state index >= 15 is 0 Å². The lowest BCUT2D eigenvalue weighted by molar-refractivity contribution is -0.384. The van der Waals surface area contributed by atoms with E-state index in [1.165, 1.54) is 29.3 Å². The largest absolute Gasteiger partial charge is 0.361 e. The fourth-order valence-electron chi connectivity index (χ4n) is 1.63. The zero-order valence-corrected chi connectivity index (χ0v) is 13.6. The Hall–Kier alpha value is -2.27. The Morgan fingerprint density at radius 1 is 1.52 bits per heavy atom. The van der Waals surface area contributed by atoms with E-state index in [-0.39, 0.29) is 17.5 Å². The minimum absolute atomic E-state index is 0.119. The van der Waals surface area contributed by atoms with Crippen molar-refractivity contribution in [2.24, 2.45) is 0 Å². The van der Waals surface area contributed by atoms with E-state index in [1.807, 2.05) is 0 Å². The van der Waals surface area contributed by atoms with Crippen LogP contribution in [-0.4, -0.2) is 37.7 Å². The molecule has 2 aromatic rings.